The van der Waals surface area contributed by atoms with E-state index < -0.39 is 33.7 Å². The number of carbonyl (C=O) groups is 2. The summed E-state index contributed by atoms with van der Waals surface area (Å²) in [4.78, 5) is 27.4. The Kier molecular flexibility index (Phi) is 11.3. The van der Waals surface area contributed by atoms with Crippen LogP contribution in [0.25, 0.3) is 0 Å². The average molecular weight is 596 g/mol. The van der Waals surface area contributed by atoms with Crippen molar-refractivity contribution in [2.75, 3.05) is 23.7 Å². The second-order valence-electron chi connectivity index (χ2n) is 8.56. The number of nitrogens with one attached hydrogen (secondary N) is 1. The Bertz CT molecular complexity index is 1240. The Morgan fingerprint density at radius 3 is 2.32 bits per heavy atom. The van der Waals surface area contributed by atoms with Gasteiger partial charge in [0.2, 0.25) is 21.8 Å². The smallest absolute Gasteiger partial charge is 0.355 e. The van der Waals surface area contributed by atoms with Gasteiger partial charge in [0.05, 0.1) is 17.5 Å². The maximum absolute atomic E-state index is 13.3. The summed E-state index contributed by atoms with van der Waals surface area (Å²) >= 11 is 12.3. The number of halogens is 5. The summed E-state index contributed by atoms with van der Waals surface area (Å²) in [5.74, 6) is -0.790. The van der Waals surface area contributed by atoms with Gasteiger partial charge >= 0.3 is 6.18 Å². The molecule has 0 radical (unpaired) electrons. The fraction of sp³-hybridized carbons (Fsp3) is 0.440. The lowest BCUT2D eigenvalue weighted by Crippen LogP contribution is -2.49. The Hall–Kier alpha value is -2.50. The molecule has 0 spiro atoms. The van der Waals surface area contributed by atoms with E-state index in [0.717, 1.165) is 28.8 Å². The summed E-state index contributed by atoms with van der Waals surface area (Å²) in [6, 6.07) is 7.94. The normalized spacial score (nSPS) is 12.6. The van der Waals surface area contributed by atoms with Gasteiger partial charge in [-0.05, 0) is 55.7 Å². The quantitative estimate of drug-likeness (QED) is 0.351. The summed E-state index contributed by atoms with van der Waals surface area (Å²) in [7, 11) is -3.95. The first-order chi connectivity index (χ1) is 17.7. The fourth-order valence-electron chi connectivity index (χ4n) is 3.89. The predicted octanol–water partition coefficient (Wildman–Crippen LogP) is 5.50. The van der Waals surface area contributed by atoms with E-state index in [1.807, 2.05) is 0 Å². The summed E-state index contributed by atoms with van der Waals surface area (Å²) in [6.07, 6.45) is -3.62. The summed E-state index contributed by atoms with van der Waals surface area (Å²) in [6.45, 7) is 3.63. The fourth-order valence-corrected chi connectivity index (χ4v) is 5.31. The molecule has 38 heavy (non-hydrogen) atoms. The molecular weight excluding hydrogens is 566 g/mol. The van der Waals surface area contributed by atoms with E-state index in [9.17, 15) is 31.2 Å². The maximum atomic E-state index is 13.3. The van der Waals surface area contributed by atoms with Crippen molar-refractivity contribution in [3.8, 4) is 0 Å². The Labute approximate surface area is 230 Å². The third-order valence-corrected chi connectivity index (χ3v) is 7.49. The number of hydrogen-bond donors (Lipinski definition) is 1. The van der Waals surface area contributed by atoms with Gasteiger partial charge in [-0.25, -0.2) is 8.42 Å². The molecule has 2 aromatic rings. The van der Waals surface area contributed by atoms with Crippen LogP contribution >= 0.6 is 23.2 Å². The molecule has 0 aliphatic heterocycles. The minimum Gasteiger partial charge on any atom is -0.355 e. The molecule has 0 fully saturated rings. The zero-order chi connectivity index (χ0) is 28.7. The molecule has 0 aliphatic rings. The standard InChI is InChI=1S/C25H30Cl2F3N3O4S/c1-4-22(24(35)31-5-2)32(16-17-11-12-19(26)15-21(17)27)23(34)10-7-13-33(38(3,36)37)20-9-6-8-18(14-20)25(28,29)30/h6,8-9,11-12,14-15,22H,4-5,7,10,13,16H2,1-3H3,(H,31,35)/t22-/m1/s1. The van der Waals surface area contributed by atoms with Crippen molar-refractivity contribution in [2.24, 2.45) is 0 Å². The molecule has 0 unspecified atom stereocenters. The summed E-state index contributed by atoms with van der Waals surface area (Å²) in [5, 5.41) is 3.43. The maximum Gasteiger partial charge on any atom is 0.416 e. The molecule has 0 saturated heterocycles. The van der Waals surface area contributed by atoms with Crippen molar-refractivity contribution < 1.29 is 31.2 Å². The van der Waals surface area contributed by atoms with Gasteiger partial charge < -0.3 is 10.2 Å². The van der Waals surface area contributed by atoms with Crippen LogP contribution in [0.4, 0.5) is 18.9 Å². The number of rotatable bonds is 12. The van der Waals surface area contributed by atoms with E-state index >= 15 is 0 Å². The number of benzene rings is 2. The minimum absolute atomic E-state index is 0.00116. The lowest BCUT2D eigenvalue weighted by Gasteiger charge is -2.31. The van der Waals surface area contributed by atoms with Gasteiger partial charge in [0.25, 0.3) is 0 Å². The molecule has 210 valence electrons. The van der Waals surface area contributed by atoms with Gasteiger partial charge in [0.15, 0.2) is 0 Å². The number of amides is 2. The molecule has 0 saturated carbocycles. The van der Waals surface area contributed by atoms with Crippen LogP contribution < -0.4 is 9.62 Å². The summed E-state index contributed by atoms with van der Waals surface area (Å²) in [5.41, 5.74) is -0.583. The molecule has 0 aromatic heterocycles. The van der Waals surface area contributed by atoms with E-state index in [0.29, 0.717) is 28.6 Å². The molecule has 2 aromatic carbocycles. The van der Waals surface area contributed by atoms with Crippen LogP contribution in [0.1, 0.15) is 44.2 Å². The first-order valence-electron chi connectivity index (χ1n) is 11.8. The third-order valence-electron chi connectivity index (χ3n) is 5.71. The number of sulfonamides is 1. The average Bonchev–Trinajstić information content (AvgIpc) is 2.81. The van der Waals surface area contributed by atoms with Gasteiger partial charge in [-0.2, -0.15) is 13.2 Å². The zero-order valence-corrected chi connectivity index (χ0v) is 23.5. The lowest BCUT2D eigenvalue weighted by atomic mass is 10.1. The van der Waals surface area contributed by atoms with E-state index in [-0.39, 0.29) is 37.5 Å². The molecular formula is C25H30Cl2F3N3O4S. The molecule has 2 rings (SSSR count). The Morgan fingerprint density at radius 1 is 1.08 bits per heavy atom. The molecule has 2 amide bonds. The van der Waals surface area contributed by atoms with Gasteiger partial charge in [0.1, 0.15) is 6.04 Å². The minimum atomic E-state index is -4.65. The molecule has 0 bridgehead atoms. The Morgan fingerprint density at radius 2 is 1.76 bits per heavy atom. The van der Waals surface area contributed by atoms with Crippen molar-refractivity contribution in [1.29, 1.82) is 0 Å². The number of alkyl halides is 3. The van der Waals surface area contributed by atoms with Crippen molar-refractivity contribution in [1.82, 2.24) is 10.2 Å². The molecule has 13 heteroatoms. The zero-order valence-electron chi connectivity index (χ0n) is 21.2. The number of carbonyl (C=O) groups excluding carboxylic acids is 2. The van der Waals surface area contributed by atoms with Crippen LogP contribution in [-0.2, 0) is 32.3 Å². The van der Waals surface area contributed by atoms with Crippen molar-refractivity contribution in [3.05, 3.63) is 63.6 Å². The molecule has 7 nitrogen and oxygen atoms in total. The Balaban J connectivity index is 2.28. The number of likely N-dealkylation sites (N-methyl/N-ethyl adjacent to an activating group) is 1. The van der Waals surface area contributed by atoms with Gasteiger partial charge in [0, 0.05) is 36.1 Å². The highest BCUT2D eigenvalue weighted by molar-refractivity contribution is 7.92. The van der Waals surface area contributed by atoms with Crippen LogP contribution in [-0.4, -0.2) is 50.5 Å². The van der Waals surface area contributed by atoms with E-state index in [2.05, 4.69) is 5.32 Å². The van der Waals surface area contributed by atoms with E-state index in [1.54, 1.807) is 26.0 Å². The highest BCUT2D eigenvalue weighted by Crippen LogP contribution is 2.32. The SMILES string of the molecule is CCNC(=O)[C@@H](CC)N(Cc1ccc(Cl)cc1Cl)C(=O)CCCN(c1cccc(C(F)(F)F)c1)S(C)(=O)=O. The van der Waals surface area contributed by atoms with Crippen LogP contribution in [0.5, 0.6) is 0 Å². The van der Waals surface area contributed by atoms with Gasteiger partial charge in [-0.15, -0.1) is 0 Å². The second kappa shape index (κ2) is 13.5. The molecule has 0 aliphatic carbocycles. The summed E-state index contributed by atoms with van der Waals surface area (Å²) < 4.78 is 65.1. The number of hydrogen-bond acceptors (Lipinski definition) is 4. The van der Waals surface area contributed by atoms with Crippen LogP contribution in [0, 0.1) is 0 Å². The largest absolute Gasteiger partial charge is 0.416 e. The third kappa shape index (κ3) is 8.78. The molecule has 0 heterocycles. The van der Waals surface area contributed by atoms with Crippen LogP contribution in [0.15, 0.2) is 42.5 Å². The van der Waals surface area contributed by atoms with Crippen LogP contribution in [0.3, 0.4) is 0 Å². The topological polar surface area (TPSA) is 86.8 Å². The highest BCUT2D eigenvalue weighted by atomic mass is 35.5. The van der Waals surface area contributed by atoms with Crippen LogP contribution in [0.2, 0.25) is 10.0 Å². The van der Waals surface area contributed by atoms with Gasteiger partial charge in [-0.3, -0.25) is 13.9 Å². The lowest BCUT2D eigenvalue weighted by molar-refractivity contribution is -0.141. The van der Waals surface area contributed by atoms with Gasteiger partial charge in [-0.1, -0.05) is 42.3 Å². The molecule has 1 atom stereocenters. The van der Waals surface area contributed by atoms with E-state index in [1.165, 1.54) is 17.0 Å². The monoisotopic (exact) mass is 595 g/mol. The van der Waals surface area contributed by atoms with Crippen molar-refractivity contribution >= 4 is 50.7 Å². The van der Waals surface area contributed by atoms with E-state index in [4.69, 9.17) is 23.2 Å². The predicted molar refractivity (Wildman–Crippen MR) is 143 cm³/mol. The highest BCUT2D eigenvalue weighted by Gasteiger charge is 2.32. The van der Waals surface area contributed by atoms with Crippen molar-refractivity contribution in [3.63, 3.8) is 0 Å². The van der Waals surface area contributed by atoms with Crippen molar-refractivity contribution in [2.45, 2.75) is 51.9 Å². The number of nitrogens with zero attached hydrogens (tertiary/aromatic N) is 2. The second-order valence-corrected chi connectivity index (χ2v) is 11.3. The first kappa shape index (κ1) is 31.7. The number of anilines is 1. The first-order valence-corrected chi connectivity index (χ1v) is 14.5. The molecule has 1 N–H and O–H groups in total.